The molecule has 164 valence electrons. The minimum absolute atomic E-state index is 0.727. The maximum atomic E-state index is 6.24. The van der Waals surface area contributed by atoms with Crippen molar-refractivity contribution in [2.75, 3.05) is 13.1 Å². The lowest BCUT2D eigenvalue weighted by atomic mass is 9.85. The fourth-order valence-corrected chi connectivity index (χ4v) is 4.24. The van der Waals surface area contributed by atoms with Crippen molar-refractivity contribution in [1.82, 2.24) is 30.5 Å². The Morgan fingerprint density at radius 1 is 1.28 bits per heavy atom. The van der Waals surface area contributed by atoms with Gasteiger partial charge in [0.1, 0.15) is 0 Å². The predicted octanol–water partition coefficient (Wildman–Crippen LogP) is 3.73. The second-order valence-corrected chi connectivity index (χ2v) is 8.78. The summed E-state index contributed by atoms with van der Waals surface area (Å²) in [6, 6.07) is 12.5. The first-order chi connectivity index (χ1) is 15.7. The molecule has 1 aliphatic carbocycles. The zero-order valence-electron chi connectivity index (χ0n) is 18.4. The maximum Gasteiger partial charge on any atom is 0.0875 e. The smallest absolute Gasteiger partial charge is 0.0875 e. The van der Waals surface area contributed by atoms with Crippen molar-refractivity contribution in [3.05, 3.63) is 76.9 Å². The number of nitrogens with two attached hydrogens (primary N) is 1. The lowest BCUT2D eigenvalue weighted by Gasteiger charge is -2.25. The van der Waals surface area contributed by atoms with E-state index in [1.54, 1.807) is 0 Å². The third-order valence-electron chi connectivity index (χ3n) is 6.30. The molecule has 7 nitrogen and oxygen atoms in total. The summed E-state index contributed by atoms with van der Waals surface area (Å²) >= 11 is 0. The van der Waals surface area contributed by atoms with E-state index in [0.29, 0.717) is 0 Å². The highest BCUT2D eigenvalue weighted by Crippen LogP contribution is 2.25. The second kappa shape index (κ2) is 8.96. The molecule has 0 radical (unpaired) electrons. The number of nitrogens with zero attached hydrogens (tertiary/aromatic N) is 4. The van der Waals surface area contributed by atoms with E-state index in [4.69, 9.17) is 5.73 Å². The Kier molecular flexibility index (Phi) is 5.73. The van der Waals surface area contributed by atoms with Gasteiger partial charge in [-0.2, -0.15) is 5.10 Å². The normalized spacial score (nSPS) is 14.7. The molecule has 0 amide bonds. The Hall–Kier alpha value is -3.45. The highest BCUT2D eigenvalue weighted by Gasteiger charge is 2.16. The van der Waals surface area contributed by atoms with Gasteiger partial charge < -0.3 is 11.1 Å². The molecule has 4 aromatic rings. The van der Waals surface area contributed by atoms with Crippen LogP contribution in [-0.2, 0) is 6.42 Å². The van der Waals surface area contributed by atoms with Crippen LogP contribution in [0.4, 0.5) is 0 Å². The predicted molar refractivity (Wildman–Crippen MR) is 127 cm³/mol. The minimum Gasteiger partial charge on any atom is -0.401 e. The van der Waals surface area contributed by atoms with Crippen LogP contribution in [0.25, 0.3) is 22.7 Å². The molecule has 0 bridgehead atoms. The highest BCUT2D eigenvalue weighted by molar-refractivity contribution is 5.86. The van der Waals surface area contributed by atoms with Gasteiger partial charge in [-0.1, -0.05) is 35.9 Å². The van der Waals surface area contributed by atoms with Gasteiger partial charge in [-0.25, -0.2) is 4.68 Å². The zero-order chi connectivity index (χ0) is 21.9. The first-order valence-corrected chi connectivity index (χ1v) is 11.3. The van der Waals surface area contributed by atoms with E-state index in [-0.39, 0.29) is 0 Å². The highest BCUT2D eigenvalue weighted by atomic mass is 15.4. The van der Waals surface area contributed by atoms with E-state index >= 15 is 0 Å². The van der Waals surface area contributed by atoms with Gasteiger partial charge in [0.15, 0.2) is 0 Å². The lowest BCUT2D eigenvalue weighted by Crippen LogP contribution is -2.30. The molecule has 32 heavy (non-hydrogen) atoms. The Morgan fingerprint density at radius 2 is 2.19 bits per heavy atom. The van der Waals surface area contributed by atoms with Gasteiger partial charge in [0.2, 0.25) is 0 Å². The molecule has 1 saturated carbocycles. The molecule has 4 N–H and O–H groups in total. The minimum atomic E-state index is 0.727. The molecule has 5 rings (SSSR count). The van der Waals surface area contributed by atoms with E-state index < -0.39 is 0 Å². The lowest BCUT2D eigenvalue weighted by molar-refractivity contribution is 0.305. The molecule has 2 aromatic heterocycles. The molecule has 1 fully saturated rings. The van der Waals surface area contributed by atoms with Crippen molar-refractivity contribution in [3.63, 3.8) is 0 Å². The van der Waals surface area contributed by atoms with E-state index in [9.17, 15) is 0 Å². The summed E-state index contributed by atoms with van der Waals surface area (Å²) in [6.45, 7) is 3.94. The summed E-state index contributed by atoms with van der Waals surface area (Å²) in [6.07, 6.45) is 10.7. The van der Waals surface area contributed by atoms with Gasteiger partial charge in [0, 0.05) is 24.0 Å². The largest absolute Gasteiger partial charge is 0.401 e. The van der Waals surface area contributed by atoms with E-state index in [0.717, 1.165) is 59.0 Å². The number of rotatable bonds is 8. The summed E-state index contributed by atoms with van der Waals surface area (Å²) in [5, 5.41) is 20.3. The van der Waals surface area contributed by atoms with E-state index in [1.165, 1.54) is 30.4 Å². The molecule has 0 saturated heterocycles. The Morgan fingerprint density at radius 3 is 3.00 bits per heavy atom. The van der Waals surface area contributed by atoms with Crippen LogP contribution in [0.2, 0.25) is 0 Å². The van der Waals surface area contributed by atoms with Crippen LogP contribution in [0, 0.1) is 12.8 Å². The fraction of sp³-hybridized carbons (Fsp3) is 0.320. The zero-order valence-corrected chi connectivity index (χ0v) is 18.4. The Balaban J connectivity index is 1.25. The van der Waals surface area contributed by atoms with Crippen LogP contribution < -0.4 is 11.1 Å². The number of hydrogen-bond donors (Lipinski definition) is 3. The van der Waals surface area contributed by atoms with Crippen molar-refractivity contribution in [1.29, 1.82) is 0 Å². The van der Waals surface area contributed by atoms with Crippen molar-refractivity contribution in [2.24, 2.45) is 11.7 Å². The third kappa shape index (κ3) is 4.43. The molecule has 0 atom stereocenters. The Bertz CT molecular complexity index is 1250. The van der Waals surface area contributed by atoms with Crippen molar-refractivity contribution in [3.8, 4) is 5.69 Å². The number of aromatic amines is 1. The molecule has 0 aliphatic heterocycles. The standard InChI is InChI=1S/C25H29N7/c1-17-10-19(8-9-20(17)12-21(26)14-27-13-18-4-2-5-18)11-22-16-32(31-29-22)25-7-3-6-24-23(25)15-28-30-24/h3,6-10,12,15-16,18,27H,2,4-5,11,13-14,26H2,1H3,(H,28,30)/b21-12-. The summed E-state index contributed by atoms with van der Waals surface area (Å²) in [5.41, 5.74) is 13.6. The number of H-pyrrole nitrogens is 1. The van der Waals surface area contributed by atoms with Gasteiger partial charge >= 0.3 is 0 Å². The molecule has 2 aromatic carbocycles. The summed E-state index contributed by atoms with van der Waals surface area (Å²) in [7, 11) is 0. The number of benzene rings is 2. The number of aromatic nitrogens is 5. The third-order valence-corrected chi connectivity index (χ3v) is 6.30. The molecular formula is C25H29N7. The molecule has 0 spiro atoms. The topological polar surface area (TPSA) is 97.4 Å². The molecule has 0 unspecified atom stereocenters. The van der Waals surface area contributed by atoms with Crippen molar-refractivity contribution < 1.29 is 0 Å². The molecular weight excluding hydrogens is 398 g/mol. The Labute approximate surface area is 187 Å². The first-order valence-electron chi connectivity index (χ1n) is 11.3. The quantitative estimate of drug-likeness (QED) is 0.398. The number of aryl methyl sites for hydroxylation is 1. The van der Waals surface area contributed by atoms with Crippen LogP contribution in [0.3, 0.4) is 0 Å². The number of fused-ring (bicyclic) bond motifs is 1. The fourth-order valence-electron chi connectivity index (χ4n) is 4.24. The van der Waals surface area contributed by atoms with Gasteiger partial charge in [0.05, 0.1) is 29.3 Å². The number of nitrogens with one attached hydrogen (secondary N) is 2. The van der Waals surface area contributed by atoms with Gasteiger partial charge in [-0.05, 0) is 67.1 Å². The number of hydrogen-bond acceptors (Lipinski definition) is 5. The average molecular weight is 428 g/mol. The summed E-state index contributed by atoms with van der Waals surface area (Å²) in [5.74, 6) is 0.842. The van der Waals surface area contributed by atoms with Gasteiger partial charge in [-0.3, -0.25) is 5.10 Å². The van der Waals surface area contributed by atoms with Crippen LogP contribution in [-0.4, -0.2) is 38.3 Å². The van der Waals surface area contributed by atoms with Crippen LogP contribution in [0.1, 0.15) is 41.6 Å². The maximum absolute atomic E-state index is 6.24. The van der Waals surface area contributed by atoms with E-state index in [2.05, 4.69) is 57.0 Å². The molecule has 1 aliphatic rings. The van der Waals surface area contributed by atoms with Crippen LogP contribution in [0.5, 0.6) is 0 Å². The monoisotopic (exact) mass is 427 g/mol. The van der Waals surface area contributed by atoms with E-state index in [1.807, 2.05) is 35.3 Å². The molecule has 7 heteroatoms. The van der Waals surface area contributed by atoms with Gasteiger partial charge in [-0.15, -0.1) is 5.10 Å². The van der Waals surface area contributed by atoms with Crippen molar-refractivity contribution in [2.45, 2.75) is 32.6 Å². The van der Waals surface area contributed by atoms with Gasteiger partial charge in [0.25, 0.3) is 0 Å². The van der Waals surface area contributed by atoms with Crippen molar-refractivity contribution >= 4 is 17.0 Å². The molecule has 2 heterocycles. The van der Waals surface area contributed by atoms with Crippen LogP contribution in [0.15, 0.2) is 54.5 Å². The van der Waals surface area contributed by atoms with Crippen LogP contribution >= 0.6 is 0 Å². The first kappa shape index (κ1) is 20.5. The summed E-state index contributed by atoms with van der Waals surface area (Å²) in [4.78, 5) is 0. The SMILES string of the molecule is Cc1cc(Cc2cn(-c3cccc4[nH]ncc34)nn2)ccc1/C=C(\N)CNCC1CCC1. The average Bonchev–Trinajstić information content (AvgIpc) is 3.41. The second-order valence-electron chi connectivity index (χ2n) is 8.78. The summed E-state index contributed by atoms with van der Waals surface area (Å²) < 4.78 is 1.81.